The fraction of sp³-hybridized carbons (Fsp3) is 0.240. The van der Waals surface area contributed by atoms with Crippen molar-refractivity contribution in [3.8, 4) is 16.9 Å². The highest BCUT2D eigenvalue weighted by Gasteiger charge is 2.18. The molecule has 0 atom stereocenters. The van der Waals surface area contributed by atoms with Crippen molar-refractivity contribution in [3.05, 3.63) is 66.5 Å². The maximum atomic E-state index is 14.9. The summed E-state index contributed by atoms with van der Waals surface area (Å²) in [5.41, 5.74) is 4.02. The Morgan fingerprint density at radius 2 is 1.79 bits per heavy atom. The van der Waals surface area contributed by atoms with Crippen LogP contribution in [-0.4, -0.2) is 55.2 Å². The summed E-state index contributed by atoms with van der Waals surface area (Å²) in [4.78, 5) is 11.9. The first-order valence-corrected chi connectivity index (χ1v) is 10.8. The van der Waals surface area contributed by atoms with Crippen LogP contribution in [0.25, 0.3) is 22.2 Å². The zero-order valence-electron chi connectivity index (χ0n) is 18.5. The van der Waals surface area contributed by atoms with Crippen LogP contribution in [0.2, 0.25) is 0 Å². The summed E-state index contributed by atoms with van der Waals surface area (Å²) in [6.45, 7) is 3.45. The summed E-state index contributed by atoms with van der Waals surface area (Å²) in [6, 6.07) is 11.9. The van der Waals surface area contributed by atoms with E-state index < -0.39 is 5.82 Å². The van der Waals surface area contributed by atoms with E-state index in [1.165, 1.54) is 19.2 Å². The molecule has 170 valence electrons. The highest BCUT2D eigenvalue weighted by Crippen LogP contribution is 2.37. The molecular formula is C25H25F2N5O. The van der Waals surface area contributed by atoms with Crippen molar-refractivity contribution in [2.75, 3.05) is 50.6 Å². The summed E-state index contributed by atoms with van der Waals surface area (Å²) in [6.07, 6.45) is 3.46. The van der Waals surface area contributed by atoms with Crippen LogP contribution in [0.5, 0.6) is 5.75 Å². The van der Waals surface area contributed by atoms with Crippen molar-refractivity contribution >= 4 is 28.1 Å². The first-order valence-electron chi connectivity index (χ1n) is 10.8. The van der Waals surface area contributed by atoms with Crippen LogP contribution in [0, 0.1) is 11.6 Å². The Morgan fingerprint density at radius 3 is 2.55 bits per heavy atom. The van der Waals surface area contributed by atoms with Crippen molar-refractivity contribution in [1.82, 2.24) is 14.9 Å². The largest absolute Gasteiger partial charge is 0.493 e. The average Bonchev–Trinajstić information content (AvgIpc) is 3.23. The molecule has 8 heteroatoms. The van der Waals surface area contributed by atoms with E-state index in [1.807, 2.05) is 18.2 Å². The Bertz CT molecular complexity index is 1300. The van der Waals surface area contributed by atoms with Crippen molar-refractivity contribution in [3.63, 3.8) is 0 Å². The minimum Gasteiger partial charge on any atom is -0.493 e. The van der Waals surface area contributed by atoms with Gasteiger partial charge in [0.15, 0.2) is 11.6 Å². The second kappa shape index (κ2) is 8.71. The maximum Gasteiger partial charge on any atom is 0.165 e. The molecule has 1 fully saturated rings. The molecule has 1 aliphatic rings. The van der Waals surface area contributed by atoms with Crippen LogP contribution >= 0.6 is 0 Å². The van der Waals surface area contributed by atoms with E-state index in [0.29, 0.717) is 28.3 Å². The number of likely N-dealkylation sites (N-methyl/N-ethyl adjacent to an activating group) is 1. The molecule has 2 N–H and O–H groups in total. The summed E-state index contributed by atoms with van der Waals surface area (Å²) in [5, 5.41) is 4.04. The van der Waals surface area contributed by atoms with Gasteiger partial charge in [-0.25, -0.2) is 13.8 Å². The molecule has 4 aromatic rings. The number of hydrogen-bond acceptors (Lipinski definition) is 5. The smallest absolute Gasteiger partial charge is 0.165 e. The van der Waals surface area contributed by atoms with Crippen LogP contribution in [0.4, 0.5) is 25.8 Å². The van der Waals surface area contributed by atoms with E-state index in [0.717, 1.165) is 37.1 Å². The molecule has 0 aliphatic carbocycles. The van der Waals surface area contributed by atoms with E-state index in [-0.39, 0.29) is 11.6 Å². The van der Waals surface area contributed by atoms with E-state index in [2.05, 4.69) is 32.1 Å². The van der Waals surface area contributed by atoms with E-state index in [9.17, 15) is 8.78 Å². The number of ether oxygens (including phenoxy) is 1. The van der Waals surface area contributed by atoms with Crippen molar-refractivity contribution in [1.29, 1.82) is 0 Å². The molecule has 0 amide bonds. The third-order valence-corrected chi connectivity index (χ3v) is 6.07. The number of rotatable bonds is 5. The van der Waals surface area contributed by atoms with Gasteiger partial charge in [0.05, 0.1) is 24.7 Å². The lowest BCUT2D eigenvalue weighted by Crippen LogP contribution is -2.44. The number of nitrogens with one attached hydrogen (secondary N) is 2. The van der Waals surface area contributed by atoms with Crippen LogP contribution in [0.1, 0.15) is 0 Å². The molecule has 1 saturated heterocycles. The molecule has 5 rings (SSSR count). The van der Waals surface area contributed by atoms with Gasteiger partial charge in [-0.15, -0.1) is 0 Å². The average molecular weight is 450 g/mol. The predicted octanol–water partition coefficient (Wildman–Crippen LogP) is 5.01. The van der Waals surface area contributed by atoms with E-state index in [4.69, 9.17) is 4.74 Å². The highest BCUT2D eigenvalue weighted by molar-refractivity contribution is 5.97. The van der Waals surface area contributed by atoms with Gasteiger partial charge in [-0.1, -0.05) is 12.1 Å². The number of para-hydroxylation sites is 1. The Hall–Kier alpha value is -3.65. The van der Waals surface area contributed by atoms with Crippen LogP contribution in [0.15, 0.2) is 54.9 Å². The monoisotopic (exact) mass is 449 g/mol. The van der Waals surface area contributed by atoms with Gasteiger partial charge in [-0.2, -0.15) is 0 Å². The minimum atomic E-state index is -0.428. The number of nitrogens with zero attached hydrogens (tertiary/aromatic N) is 3. The summed E-state index contributed by atoms with van der Waals surface area (Å²) in [7, 11) is 3.52. The standard InChI is InChI=1S/C25H25F2N5O/c1-31-8-10-32(11-9-31)23-7-6-16(13-22(23)27)30-17-12-19-20(15-29-25(19)28-14-17)18-4-3-5-21(26)24(18)33-2/h3-7,12-15,30H,8-11H2,1-2H3,(H,28,29). The molecule has 0 unspecified atom stereocenters. The molecule has 0 bridgehead atoms. The van der Waals surface area contributed by atoms with Gasteiger partial charge in [0, 0.05) is 54.6 Å². The quantitative estimate of drug-likeness (QED) is 0.449. The number of pyridine rings is 1. The van der Waals surface area contributed by atoms with Crippen molar-refractivity contribution in [2.24, 2.45) is 0 Å². The molecular weight excluding hydrogens is 424 g/mol. The van der Waals surface area contributed by atoms with Crippen LogP contribution in [0.3, 0.4) is 0 Å². The fourth-order valence-electron chi connectivity index (χ4n) is 4.28. The number of benzene rings is 2. The number of H-pyrrole nitrogens is 1. The number of anilines is 3. The SMILES string of the molecule is COc1c(F)cccc1-c1c[nH]c2ncc(Nc3ccc(N4CCN(C)CC4)c(F)c3)cc12. The molecule has 0 radical (unpaired) electrons. The fourth-order valence-corrected chi connectivity index (χ4v) is 4.28. The Labute approximate surface area is 190 Å². The van der Waals surface area contributed by atoms with E-state index in [1.54, 1.807) is 24.5 Å². The predicted molar refractivity (Wildman–Crippen MR) is 127 cm³/mol. The van der Waals surface area contributed by atoms with Crippen LogP contribution in [-0.2, 0) is 0 Å². The zero-order valence-corrected chi connectivity index (χ0v) is 18.5. The lowest BCUT2D eigenvalue weighted by atomic mass is 10.0. The second-order valence-corrected chi connectivity index (χ2v) is 8.22. The maximum absolute atomic E-state index is 14.9. The molecule has 0 saturated carbocycles. The molecule has 1 aliphatic heterocycles. The molecule has 0 spiro atoms. The van der Waals surface area contributed by atoms with Gasteiger partial charge in [0.2, 0.25) is 0 Å². The normalized spacial score (nSPS) is 14.6. The zero-order chi connectivity index (χ0) is 22.9. The van der Waals surface area contributed by atoms with Gasteiger partial charge in [0.1, 0.15) is 11.5 Å². The topological polar surface area (TPSA) is 56.4 Å². The second-order valence-electron chi connectivity index (χ2n) is 8.22. The number of aromatic nitrogens is 2. The Morgan fingerprint density at radius 1 is 0.970 bits per heavy atom. The molecule has 3 heterocycles. The number of piperazine rings is 1. The van der Waals surface area contributed by atoms with Gasteiger partial charge in [-0.05, 0) is 37.4 Å². The van der Waals surface area contributed by atoms with Gasteiger partial charge in [0.25, 0.3) is 0 Å². The third-order valence-electron chi connectivity index (χ3n) is 6.07. The first kappa shape index (κ1) is 21.2. The Balaban J connectivity index is 1.43. The highest BCUT2D eigenvalue weighted by atomic mass is 19.1. The first-order chi connectivity index (χ1) is 16.0. The van der Waals surface area contributed by atoms with Crippen LogP contribution < -0.4 is 15.0 Å². The molecule has 2 aromatic carbocycles. The number of halogens is 2. The minimum absolute atomic E-state index is 0.179. The lowest BCUT2D eigenvalue weighted by Gasteiger charge is -2.34. The third kappa shape index (κ3) is 4.09. The number of fused-ring (bicyclic) bond motifs is 1. The summed E-state index contributed by atoms with van der Waals surface area (Å²) in [5.74, 6) is -0.508. The molecule has 6 nitrogen and oxygen atoms in total. The number of aromatic amines is 1. The Kier molecular flexibility index (Phi) is 5.60. The van der Waals surface area contributed by atoms with Gasteiger partial charge >= 0.3 is 0 Å². The molecule has 33 heavy (non-hydrogen) atoms. The lowest BCUT2D eigenvalue weighted by molar-refractivity contribution is 0.311. The summed E-state index contributed by atoms with van der Waals surface area (Å²) < 4.78 is 34.4. The van der Waals surface area contributed by atoms with E-state index >= 15 is 0 Å². The van der Waals surface area contributed by atoms with Crippen molar-refractivity contribution in [2.45, 2.75) is 0 Å². The van der Waals surface area contributed by atoms with Gasteiger partial charge < -0.3 is 24.8 Å². The van der Waals surface area contributed by atoms with Gasteiger partial charge in [-0.3, -0.25) is 0 Å². The molecule has 2 aromatic heterocycles. The summed E-state index contributed by atoms with van der Waals surface area (Å²) >= 11 is 0. The van der Waals surface area contributed by atoms with Crippen molar-refractivity contribution < 1.29 is 13.5 Å². The number of methoxy groups -OCH3 is 1. The number of hydrogen-bond donors (Lipinski definition) is 2.